The van der Waals surface area contributed by atoms with E-state index in [-0.39, 0.29) is 21.9 Å². The molecule has 18 heavy (non-hydrogen) atoms. The summed E-state index contributed by atoms with van der Waals surface area (Å²) >= 11 is 0. The van der Waals surface area contributed by atoms with Crippen LogP contribution < -0.4 is 11.1 Å². The first-order valence-corrected chi connectivity index (χ1v) is 6.33. The molecule has 0 unspecified atom stereocenters. The third kappa shape index (κ3) is 1.32. The first kappa shape index (κ1) is 13.1. The van der Waals surface area contributed by atoms with Crippen molar-refractivity contribution in [1.82, 2.24) is 9.78 Å². The third-order valence-corrected chi connectivity index (χ3v) is 4.59. The molecule has 0 amide bonds. The van der Waals surface area contributed by atoms with Crippen molar-refractivity contribution in [2.75, 3.05) is 0 Å². The summed E-state index contributed by atoms with van der Waals surface area (Å²) in [4.78, 5) is 24.7. The zero-order valence-corrected chi connectivity index (χ0v) is 12.3. The molecule has 0 fully saturated rings. The molecule has 4 nitrogen and oxygen atoms in total. The average Bonchev–Trinajstić information content (AvgIpc) is 2.17. The second kappa shape index (κ2) is 3.16. The quantitative estimate of drug-likeness (QED) is 0.764. The monoisotopic (exact) mass is 250 g/mol. The number of fused-ring (bicyclic) bond motifs is 1. The van der Waals surface area contributed by atoms with E-state index in [2.05, 4.69) is 5.10 Å². The van der Waals surface area contributed by atoms with Crippen LogP contribution in [0.25, 0.3) is 0 Å². The molecule has 0 radical (unpaired) electrons. The maximum absolute atomic E-state index is 12.5. The summed E-state index contributed by atoms with van der Waals surface area (Å²) in [5.74, 6) is 0. The highest BCUT2D eigenvalue weighted by Crippen LogP contribution is 2.52. The van der Waals surface area contributed by atoms with Gasteiger partial charge < -0.3 is 0 Å². The summed E-state index contributed by atoms with van der Waals surface area (Å²) in [6, 6.07) is 0. The number of hydrogen-bond acceptors (Lipinski definition) is 2. The molecule has 1 heterocycles. The van der Waals surface area contributed by atoms with Crippen LogP contribution in [0, 0.1) is 0 Å². The van der Waals surface area contributed by atoms with E-state index in [1.165, 1.54) is 4.68 Å². The Morgan fingerprint density at radius 2 is 1.39 bits per heavy atom. The summed E-state index contributed by atoms with van der Waals surface area (Å²) in [5.41, 5.74) is 0.183. The normalized spacial score (nSPS) is 20.2. The van der Waals surface area contributed by atoms with Crippen molar-refractivity contribution < 1.29 is 0 Å². The fourth-order valence-corrected chi connectivity index (χ4v) is 2.75. The Balaban J connectivity index is 2.89. The van der Waals surface area contributed by atoms with Crippen LogP contribution in [-0.4, -0.2) is 9.78 Å². The molecular formula is C14H22N2O2. The SMILES string of the molecule is CC(C)(C)n1[nH]c(=O)c2c(c1=O)C(C)(C)C2(C)C. The number of H-pyrrole nitrogens is 1. The van der Waals surface area contributed by atoms with Crippen LogP contribution >= 0.6 is 0 Å². The van der Waals surface area contributed by atoms with E-state index in [0.717, 1.165) is 0 Å². The minimum absolute atomic E-state index is 0.0681. The van der Waals surface area contributed by atoms with Crippen LogP contribution in [0.1, 0.15) is 59.6 Å². The summed E-state index contributed by atoms with van der Waals surface area (Å²) in [6.07, 6.45) is 0. The molecule has 2 rings (SSSR count). The fraction of sp³-hybridized carbons (Fsp3) is 0.714. The van der Waals surface area contributed by atoms with E-state index in [9.17, 15) is 9.59 Å². The standard InChI is InChI=1S/C14H22N2O2/c1-12(2,3)16-11(18)9-8(10(17)15-16)13(4,5)14(9,6)7/h1-7H3,(H,15,17). The number of nitrogens with one attached hydrogen (secondary N) is 1. The van der Waals surface area contributed by atoms with Gasteiger partial charge in [-0.2, -0.15) is 0 Å². The van der Waals surface area contributed by atoms with E-state index in [1.807, 2.05) is 48.5 Å². The van der Waals surface area contributed by atoms with Crippen LogP contribution in [-0.2, 0) is 16.4 Å². The van der Waals surface area contributed by atoms with Gasteiger partial charge in [0, 0.05) is 22.0 Å². The molecular weight excluding hydrogens is 228 g/mol. The molecule has 0 bridgehead atoms. The second-order valence-electron chi connectivity index (χ2n) is 7.25. The van der Waals surface area contributed by atoms with E-state index >= 15 is 0 Å². The lowest BCUT2D eigenvalue weighted by Gasteiger charge is -2.52. The van der Waals surface area contributed by atoms with E-state index in [4.69, 9.17) is 0 Å². The van der Waals surface area contributed by atoms with Gasteiger partial charge in [0.25, 0.3) is 11.1 Å². The predicted octanol–water partition coefficient (Wildman–Crippen LogP) is 1.86. The van der Waals surface area contributed by atoms with E-state index in [1.54, 1.807) is 0 Å². The molecule has 0 saturated heterocycles. The van der Waals surface area contributed by atoms with Crippen molar-refractivity contribution >= 4 is 0 Å². The van der Waals surface area contributed by atoms with Crippen molar-refractivity contribution in [3.8, 4) is 0 Å². The Morgan fingerprint density at radius 1 is 0.944 bits per heavy atom. The Labute approximate surface area is 107 Å². The first-order valence-electron chi connectivity index (χ1n) is 6.33. The third-order valence-electron chi connectivity index (χ3n) is 4.59. The molecule has 0 aromatic carbocycles. The van der Waals surface area contributed by atoms with Crippen molar-refractivity contribution in [3.05, 3.63) is 31.8 Å². The molecule has 1 aliphatic rings. The zero-order chi connectivity index (χ0) is 14.1. The minimum atomic E-state index is -0.416. The van der Waals surface area contributed by atoms with Crippen molar-refractivity contribution in [3.63, 3.8) is 0 Å². The summed E-state index contributed by atoms with van der Waals surface area (Å²) in [7, 11) is 0. The second-order valence-corrected chi connectivity index (χ2v) is 7.25. The van der Waals surface area contributed by atoms with Crippen LogP contribution in [0.2, 0.25) is 0 Å². The highest BCUT2D eigenvalue weighted by Gasteiger charge is 2.55. The van der Waals surface area contributed by atoms with Crippen LogP contribution in [0.3, 0.4) is 0 Å². The highest BCUT2D eigenvalue weighted by molar-refractivity contribution is 5.50. The average molecular weight is 250 g/mol. The Kier molecular flexibility index (Phi) is 2.31. The van der Waals surface area contributed by atoms with Gasteiger partial charge in [0.2, 0.25) is 0 Å². The molecule has 100 valence electrons. The largest absolute Gasteiger partial charge is 0.269 e. The maximum Gasteiger partial charge on any atom is 0.269 e. The molecule has 0 spiro atoms. The van der Waals surface area contributed by atoms with Crippen LogP contribution in [0.4, 0.5) is 0 Å². The van der Waals surface area contributed by atoms with Gasteiger partial charge >= 0.3 is 0 Å². The van der Waals surface area contributed by atoms with E-state index < -0.39 is 5.54 Å². The van der Waals surface area contributed by atoms with Gasteiger partial charge in [-0.05, 0) is 20.8 Å². The lowest BCUT2D eigenvalue weighted by Crippen LogP contribution is -2.61. The van der Waals surface area contributed by atoms with Crippen LogP contribution in [0.5, 0.6) is 0 Å². The molecule has 1 N–H and O–H groups in total. The summed E-state index contributed by atoms with van der Waals surface area (Å²) in [5, 5.41) is 2.72. The van der Waals surface area contributed by atoms with Gasteiger partial charge in [0.1, 0.15) is 0 Å². The Hall–Kier alpha value is -1.32. The summed E-state index contributed by atoms with van der Waals surface area (Å²) in [6.45, 7) is 13.8. The molecule has 0 saturated carbocycles. The van der Waals surface area contributed by atoms with Crippen molar-refractivity contribution in [2.45, 2.75) is 64.8 Å². The molecule has 1 aromatic heterocycles. The first-order chi connectivity index (χ1) is 7.92. The molecule has 1 aromatic rings. The van der Waals surface area contributed by atoms with Gasteiger partial charge in [0.15, 0.2) is 0 Å². The topological polar surface area (TPSA) is 54.9 Å². The zero-order valence-electron chi connectivity index (χ0n) is 12.3. The van der Waals surface area contributed by atoms with Gasteiger partial charge in [0.05, 0.1) is 5.54 Å². The summed E-state index contributed by atoms with van der Waals surface area (Å²) < 4.78 is 1.45. The van der Waals surface area contributed by atoms with Gasteiger partial charge in [-0.15, -0.1) is 0 Å². The molecule has 1 aliphatic carbocycles. The molecule has 4 heteroatoms. The number of aromatic amines is 1. The van der Waals surface area contributed by atoms with Crippen LogP contribution in [0.15, 0.2) is 9.59 Å². The fourth-order valence-electron chi connectivity index (χ4n) is 2.75. The maximum atomic E-state index is 12.5. The lowest BCUT2D eigenvalue weighted by molar-refractivity contribution is 0.218. The van der Waals surface area contributed by atoms with Gasteiger partial charge in [-0.3, -0.25) is 14.7 Å². The lowest BCUT2D eigenvalue weighted by atomic mass is 9.50. The Morgan fingerprint density at radius 3 is 1.83 bits per heavy atom. The number of aromatic nitrogens is 2. The predicted molar refractivity (Wildman–Crippen MR) is 72.4 cm³/mol. The van der Waals surface area contributed by atoms with Crippen molar-refractivity contribution in [2.24, 2.45) is 0 Å². The molecule has 0 atom stereocenters. The highest BCUT2D eigenvalue weighted by atomic mass is 16.2. The minimum Gasteiger partial charge on any atom is -0.268 e. The number of rotatable bonds is 0. The molecule has 0 aliphatic heterocycles. The van der Waals surface area contributed by atoms with Gasteiger partial charge in [-0.25, -0.2) is 4.68 Å². The number of nitrogens with zero attached hydrogens (tertiary/aromatic N) is 1. The van der Waals surface area contributed by atoms with E-state index in [0.29, 0.717) is 11.1 Å². The van der Waals surface area contributed by atoms with Gasteiger partial charge in [-0.1, -0.05) is 27.7 Å². The van der Waals surface area contributed by atoms with Crippen molar-refractivity contribution in [1.29, 1.82) is 0 Å². The number of hydrogen-bond donors (Lipinski definition) is 1. The Bertz CT molecular complexity index is 625. The smallest absolute Gasteiger partial charge is 0.268 e.